The lowest BCUT2D eigenvalue weighted by atomic mass is 10.1. The molecule has 0 radical (unpaired) electrons. The number of rotatable bonds is 5. The smallest absolute Gasteiger partial charge is 0.222 e. The summed E-state index contributed by atoms with van der Waals surface area (Å²) >= 11 is 6.05. The Morgan fingerprint density at radius 3 is 2.62 bits per heavy atom. The van der Waals surface area contributed by atoms with Crippen LogP contribution in [0.5, 0.6) is 0 Å². The number of carbonyl (C=O) groups excluding carboxylic acids is 1. The van der Waals surface area contributed by atoms with E-state index in [1.165, 1.54) is 12.1 Å². The lowest BCUT2D eigenvalue weighted by Gasteiger charge is -2.35. The van der Waals surface area contributed by atoms with Crippen LogP contribution in [0.1, 0.15) is 31.7 Å². The van der Waals surface area contributed by atoms with E-state index in [0.29, 0.717) is 18.0 Å². The van der Waals surface area contributed by atoms with Gasteiger partial charge in [0.05, 0.1) is 0 Å². The average Bonchev–Trinajstić information content (AvgIpc) is 2.48. The summed E-state index contributed by atoms with van der Waals surface area (Å²) < 4.78 is 13.0. The zero-order chi connectivity index (χ0) is 15.2. The van der Waals surface area contributed by atoms with Gasteiger partial charge in [0.15, 0.2) is 0 Å². The number of nitrogens with zero attached hydrogens (tertiary/aromatic N) is 2. The fourth-order valence-corrected chi connectivity index (χ4v) is 2.76. The predicted octanol–water partition coefficient (Wildman–Crippen LogP) is 3.31. The van der Waals surface area contributed by atoms with Crippen LogP contribution in [0.25, 0.3) is 0 Å². The maximum atomic E-state index is 13.0. The highest BCUT2D eigenvalue weighted by molar-refractivity contribution is 6.31. The molecule has 1 fully saturated rings. The number of piperazine rings is 1. The van der Waals surface area contributed by atoms with Crippen molar-refractivity contribution in [2.45, 2.75) is 32.7 Å². The number of benzene rings is 1. The quantitative estimate of drug-likeness (QED) is 0.833. The second-order valence-electron chi connectivity index (χ2n) is 5.50. The van der Waals surface area contributed by atoms with E-state index in [1.54, 1.807) is 6.07 Å². The first-order chi connectivity index (χ1) is 10.1. The Morgan fingerprint density at radius 2 is 2.00 bits per heavy atom. The molecular weight excluding hydrogens is 291 g/mol. The molecule has 0 bridgehead atoms. The first-order valence-corrected chi connectivity index (χ1v) is 7.92. The van der Waals surface area contributed by atoms with Crippen molar-refractivity contribution < 1.29 is 9.18 Å². The number of hydrogen-bond donors (Lipinski definition) is 0. The van der Waals surface area contributed by atoms with E-state index < -0.39 is 0 Å². The van der Waals surface area contributed by atoms with Gasteiger partial charge in [-0.25, -0.2) is 4.39 Å². The van der Waals surface area contributed by atoms with Gasteiger partial charge in [0.25, 0.3) is 0 Å². The topological polar surface area (TPSA) is 23.6 Å². The molecule has 1 aliphatic rings. The third-order valence-electron chi connectivity index (χ3n) is 3.88. The molecule has 21 heavy (non-hydrogen) atoms. The molecule has 0 aromatic heterocycles. The van der Waals surface area contributed by atoms with E-state index in [9.17, 15) is 9.18 Å². The molecule has 1 aromatic rings. The molecule has 1 aromatic carbocycles. The minimum absolute atomic E-state index is 0.260. The van der Waals surface area contributed by atoms with Crippen LogP contribution in [0, 0.1) is 5.82 Å². The Kier molecular flexibility index (Phi) is 6.00. The highest BCUT2D eigenvalue weighted by Crippen LogP contribution is 2.19. The van der Waals surface area contributed by atoms with Gasteiger partial charge in [-0.05, 0) is 24.1 Å². The van der Waals surface area contributed by atoms with Crippen molar-refractivity contribution in [2.75, 3.05) is 26.2 Å². The predicted molar refractivity (Wildman–Crippen MR) is 82.8 cm³/mol. The maximum absolute atomic E-state index is 13.0. The highest BCUT2D eigenvalue weighted by Gasteiger charge is 2.21. The van der Waals surface area contributed by atoms with E-state index in [2.05, 4.69) is 11.8 Å². The van der Waals surface area contributed by atoms with E-state index >= 15 is 0 Å². The lowest BCUT2D eigenvalue weighted by Crippen LogP contribution is -2.48. The Hall–Kier alpha value is -1.13. The van der Waals surface area contributed by atoms with Crippen LogP contribution < -0.4 is 0 Å². The number of amides is 1. The number of hydrogen-bond acceptors (Lipinski definition) is 2. The molecule has 3 nitrogen and oxygen atoms in total. The Balaban J connectivity index is 1.82. The van der Waals surface area contributed by atoms with Crippen molar-refractivity contribution in [3.8, 4) is 0 Å². The van der Waals surface area contributed by atoms with Gasteiger partial charge < -0.3 is 4.90 Å². The Labute approximate surface area is 130 Å². The second kappa shape index (κ2) is 7.76. The van der Waals surface area contributed by atoms with Gasteiger partial charge in [-0.15, -0.1) is 0 Å². The Morgan fingerprint density at radius 1 is 1.29 bits per heavy atom. The van der Waals surface area contributed by atoms with Gasteiger partial charge >= 0.3 is 0 Å². The maximum Gasteiger partial charge on any atom is 0.222 e. The summed E-state index contributed by atoms with van der Waals surface area (Å²) in [6, 6.07) is 4.52. The molecule has 0 saturated carbocycles. The molecule has 1 heterocycles. The largest absolute Gasteiger partial charge is 0.340 e. The zero-order valence-electron chi connectivity index (χ0n) is 12.4. The van der Waals surface area contributed by atoms with Crippen LogP contribution in [0.4, 0.5) is 4.39 Å². The third kappa shape index (κ3) is 4.68. The summed E-state index contributed by atoms with van der Waals surface area (Å²) in [5, 5.41) is 0.469. The van der Waals surface area contributed by atoms with Crippen LogP contribution in [-0.4, -0.2) is 41.9 Å². The lowest BCUT2D eigenvalue weighted by molar-refractivity contribution is -0.133. The number of carbonyl (C=O) groups is 1. The first kappa shape index (κ1) is 16.2. The minimum atomic E-state index is -0.310. The van der Waals surface area contributed by atoms with Crippen molar-refractivity contribution in [1.82, 2.24) is 9.80 Å². The van der Waals surface area contributed by atoms with Crippen LogP contribution >= 0.6 is 11.6 Å². The van der Waals surface area contributed by atoms with Crippen molar-refractivity contribution in [3.63, 3.8) is 0 Å². The molecule has 1 saturated heterocycles. The number of unbranched alkanes of at least 4 members (excludes halogenated alkanes) is 1. The van der Waals surface area contributed by atoms with Crippen LogP contribution in [0.2, 0.25) is 5.02 Å². The molecule has 0 unspecified atom stereocenters. The van der Waals surface area contributed by atoms with Crippen LogP contribution in [-0.2, 0) is 11.3 Å². The summed E-state index contributed by atoms with van der Waals surface area (Å²) in [5.41, 5.74) is 0.934. The molecule has 1 aliphatic heterocycles. The summed E-state index contributed by atoms with van der Waals surface area (Å²) in [4.78, 5) is 16.2. The zero-order valence-corrected chi connectivity index (χ0v) is 13.2. The Bertz CT molecular complexity index is 487. The van der Waals surface area contributed by atoms with Crippen molar-refractivity contribution in [2.24, 2.45) is 0 Å². The minimum Gasteiger partial charge on any atom is -0.340 e. The van der Waals surface area contributed by atoms with Gasteiger partial charge in [-0.2, -0.15) is 0 Å². The summed E-state index contributed by atoms with van der Waals surface area (Å²) in [6.07, 6.45) is 2.67. The highest BCUT2D eigenvalue weighted by atomic mass is 35.5. The normalized spacial score (nSPS) is 16.2. The van der Waals surface area contributed by atoms with Gasteiger partial charge in [0.1, 0.15) is 5.82 Å². The van der Waals surface area contributed by atoms with Crippen molar-refractivity contribution in [1.29, 1.82) is 0 Å². The van der Waals surface area contributed by atoms with E-state index in [-0.39, 0.29) is 11.7 Å². The number of halogens is 2. The summed E-state index contributed by atoms with van der Waals surface area (Å²) in [7, 11) is 0. The fraction of sp³-hybridized carbons (Fsp3) is 0.562. The molecule has 0 N–H and O–H groups in total. The molecule has 0 aliphatic carbocycles. The van der Waals surface area contributed by atoms with E-state index in [4.69, 9.17) is 11.6 Å². The van der Waals surface area contributed by atoms with Gasteiger partial charge in [0, 0.05) is 44.2 Å². The molecule has 0 atom stereocenters. The molecular formula is C16H22ClFN2O. The average molecular weight is 313 g/mol. The standard InChI is InChI=1S/C16H22ClFN2O/c1-2-3-4-16(21)20-9-7-19(8-10-20)12-13-5-6-14(18)11-15(13)17/h5-6,11H,2-4,7-10,12H2,1H3. The van der Waals surface area contributed by atoms with Crippen LogP contribution in [0.3, 0.4) is 0 Å². The summed E-state index contributed by atoms with van der Waals surface area (Å²) in [6.45, 7) is 6.01. The molecule has 116 valence electrons. The first-order valence-electron chi connectivity index (χ1n) is 7.54. The second-order valence-corrected chi connectivity index (χ2v) is 5.90. The van der Waals surface area contributed by atoms with E-state index in [1.807, 2.05) is 4.90 Å². The van der Waals surface area contributed by atoms with Crippen molar-refractivity contribution >= 4 is 17.5 Å². The molecule has 1 amide bonds. The monoisotopic (exact) mass is 312 g/mol. The fourth-order valence-electron chi connectivity index (χ4n) is 2.53. The third-order valence-corrected chi connectivity index (χ3v) is 4.23. The molecule has 5 heteroatoms. The SMILES string of the molecule is CCCCC(=O)N1CCN(Cc2ccc(F)cc2Cl)CC1. The van der Waals surface area contributed by atoms with Crippen molar-refractivity contribution in [3.05, 3.63) is 34.6 Å². The van der Waals surface area contributed by atoms with Crippen LogP contribution in [0.15, 0.2) is 18.2 Å². The van der Waals surface area contributed by atoms with Gasteiger partial charge in [-0.3, -0.25) is 9.69 Å². The molecule has 2 rings (SSSR count). The summed E-state index contributed by atoms with van der Waals surface area (Å²) in [5.74, 6) is -0.0496. The van der Waals surface area contributed by atoms with Gasteiger partial charge in [-0.1, -0.05) is 31.0 Å². The van der Waals surface area contributed by atoms with Gasteiger partial charge in [0.2, 0.25) is 5.91 Å². The van der Waals surface area contributed by atoms with E-state index in [0.717, 1.165) is 44.6 Å². The molecule has 0 spiro atoms.